The summed E-state index contributed by atoms with van der Waals surface area (Å²) >= 11 is 0. The highest BCUT2D eigenvalue weighted by Crippen LogP contribution is 2.34. The van der Waals surface area contributed by atoms with E-state index < -0.39 is 48.0 Å². The number of nitrogens with one attached hydrogen (secondary N) is 1. The fourth-order valence-electron chi connectivity index (χ4n) is 5.41. The predicted molar refractivity (Wildman–Crippen MR) is 135 cm³/mol. The Morgan fingerprint density at radius 2 is 0.973 bits per heavy atom. The number of quaternary nitrogens is 1. The summed E-state index contributed by atoms with van der Waals surface area (Å²) in [6.45, 7) is 2.33. The number of carboxylic acids is 4. The van der Waals surface area contributed by atoms with Gasteiger partial charge in [0.05, 0.1) is 19.6 Å². The van der Waals surface area contributed by atoms with E-state index in [1.54, 1.807) is 0 Å². The van der Waals surface area contributed by atoms with Gasteiger partial charge in [-0.25, -0.2) is 0 Å². The molecule has 13 N–H and O–H groups in total. The van der Waals surface area contributed by atoms with Crippen molar-refractivity contribution in [1.82, 2.24) is 0 Å². The van der Waals surface area contributed by atoms with Crippen LogP contribution < -0.4 is 27.8 Å². The number of unbranched alkanes of at least 4 members (excludes halogenated alkanes) is 1. The van der Waals surface area contributed by atoms with E-state index in [0.717, 1.165) is 26.1 Å². The van der Waals surface area contributed by atoms with Crippen LogP contribution in [0.4, 0.5) is 0 Å². The maximum absolute atomic E-state index is 11.3. The van der Waals surface area contributed by atoms with Gasteiger partial charge in [-0.1, -0.05) is 6.42 Å². The van der Waals surface area contributed by atoms with E-state index in [1.807, 2.05) is 0 Å². The van der Waals surface area contributed by atoms with Gasteiger partial charge >= 0.3 is 23.9 Å². The summed E-state index contributed by atoms with van der Waals surface area (Å²) < 4.78 is 0. The average molecular weight is 533 g/mol. The van der Waals surface area contributed by atoms with Crippen LogP contribution in [0.25, 0.3) is 0 Å². The molecule has 0 aromatic rings. The van der Waals surface area contributed by atoms with Crippen molar-refractivity contribution in [2.24, 2.45) is 40.7 Å². The zero-order valence-corrected chi connectivity index (χ0v) is 21.5. The van der Waals surface area contributed by atoms with Crippen molar-refractivity contribution in [3.05, 3.63) is 0 Å². The molecule has 1 aliphatic rings. The van der Waals surface area contributed by atoms with E-state index in [2.05, 4.69) is 0 Å². The third kappa shape index (κ3) is 12.2. The summed E-state index contributed by atoms with van der Waals surface area (Å²) in [6, 6.07) is -3.82. The Kier molecular flexibility index (Phi) is 14.6. The topological polar surface area (TPSA) is 258 Å². The van der Waals surface area contributed by atoms with Gasteiger partial charge in [0.2, 0.25) is 0 Å². The Labute approximate surface area is 217 Å². The van der Waals surface area contributed by atoms with E-state index in [9.17, 15) is 29.4 Å². The van der Waals surface area contributed by atoms with Gasteiger partial charge in [0, 0.05) is 11.8 Å². The molecule has 0 aromatic carbocycles. The SMILES string of the molecule is N[C@@H](CCCC[NH+]1CC(CC[C@H](N)C(=O)O)C(CCC[C@H](N)C(=O)O)C(CC[C@H](N)C(=O)O)C1)C(=O)O. The first-order valence-corrected chi connectivity index (χ1v) is 13.1. The molecular formula is C24H46N5O8+. The van der Waals surface area contributed by atoms with Crippen LogP contribution in [0.15, 0.2) is 0 Å². The maximum Gasteiger partial charge on any atom is 0.320 e. The van der Waals surface area contributed by atoms with Gasteiger partial charge in [0.15, 0.2) is 0 Å². The Morgan fingerprint density at radius 3 is 1.38 bits per heavy atom. The largest absolute Gasteiger partial charge is 0.480 e. The molecule has 0 amide bonds. The van der Waals surface area contributed by atoms with Crippen molar-refractivity contribution in [2.45, 2.75) is 88.4 Å². The van der Waals surface area contributed by atoms with Crippen molar-refractivity contribution >= 4 is 23.9 Å². The highest BCUT2D eigenvalue weighted by Gasteiger charge is 2.39. The Morgan fingerprint density at radius 1 is 0.595 bits per heavy atom. The van der Waals surface area contributed by atoms with Crippen LogP contribution in [0.1, 0.15) is 64.2 Å². The first-order valence-electron chi connectivity index (χ1n) is 13.1. The van der Waals surface area contributed by atoms with Crippen LogP contribution >= 0.6 is 0 Å². The molecular weight excluding hydrogens is 486 g/mol. The summed E-state index contributed by atoms with van der Waals surface area (Å²) in [5, 5.41) is 36.6. The highest BCUT2D eigenvalue weighted by atomic mass is 16.4. The molecule has 37 heavy (non-hydrogen) atoms. The molecule has 0 radical (unpaired) electrons. The molecule has 0 aromatic heterocycles. The molecule has 0 aliphatic carbocycles. The smallest absolute Gasteiger partial charge is 0.320 e. The molecule has 1 saturated heterocycles. The van der Waals surface area contributed by atoms with Crippen LogP contribution in [0, 0.1) is 17.8 Å². The quantitative estimate of drug-likeness (QED) is 0.0842. The van der Waals surface area contributed by atoms with Gasteiger partial charge in [-0.2, -0.15) is 0 Å². The number of aliphatic carboxylic acids is 4. The molecule has 13 heteroatoms. The van der Waals surface area contributed by atoms with Crippen molar-refractivity contribution in [3.63, 3.8) is 0 Å². The monoisotopic (exact) mass is 532 g/mol. The molecule has 0 saturated carbocycles. The molecule has 1 rings (SSSR count). The predicted octanol–water partition coefficient (Wildman–Crippen LogP) is -1.72. The minimum atomic E-state index is -1.07. The summed E-state index contributed by atoms with van der Waals surface area (Å²) in [4.78, 5) is 46.0. The van der Waals surface area contributed by atoms with Crippen molar-refractivity contribution < 1.29 is 44.5 Å². The van der Waals surface area contributed by atoms with E-state index in [4.69, 9.17) is 33.1 Å². The molecule has 1 fully saturated rings. The first kappa shape index (κ1) is 32.7. The van der Waals surface area contributed by atoms with Crippen LogP contribution in [0.3, 0.4) is 0 Å². The summed E-state index contributed by atoms with van der Waals surface area (Å²) in [6.07, 6.45) is 5.17. The van der Waals surface area contributed by atoms with Gasteiger partial charge in [-0.05, 0) is 63.7 Å². The minimum absolute atomic E-state index is 0.113. The Hall–Kier alpha value is -2.32. The number of piperidine rings is 1. The van der Waals surface area contributed by atoms with Crippen molar-refractivity contribution in [2.75, 3.05) is 19.6 Å². The van der Waals surface area contributed by atoms with Crippen LogP contribution in [-0.2, 0) is 19.2 Å². The first-order chi connectivity index (χ1) is 17.3. The second kappa shape index (κ2) is 16.5. The number of likely N-dealkylation sites (tertiary alicyclic amines) is 1. The zero-order chi connectivity index (χ0) is 28.1. The molecule has 1 aliphatic heterocycles. The zero-order valence-electron chi connectivity index (χ0n) is 21.5. The molecule has 2 unspecified atom stereocenters. The minimum Gasteiger partial charge on any atom is -0.480 e. The summed E-state index contributed by atoms with van der Waals surface area (Å²) in [5.41, 5.74) is 22.8. The summed E-state index contributed by atoms with van der Waals surface area (Å²) in [7, 11) is 0. The fraction of sp³-hybridized carbons (Fsp3) is 0.833. The number of carboxylic acid groups (broad SMARTS) is 4. The third-order valence-corrected chi connectivity index (χ3v) is 7.63. The molecule has 0 spiro atoms. The lowest BCUT2D eigenvalue weighted by Crippen LogP contribution is -3.14. The van der Waals surface area contributed by atoms with Gasteiger partial charge in [0.1, 0.15) is 24.2 Å². The van der Waals surface area contributed by atoms with E-state index in [1.165, 1.54) is 4.90 Å². The molecule has 1 heterocycles. The number of nitrogens with two attached hydrogens (primary N) is 4. The fourth-order valence-corrected chi connectivity index (χ4v) is 5.41. The van der Waals surface area contributed by atoms with Crippen LogP contribution in [0.2, 0.25) is 0 Å². The number of carbonyl (C=O) groups is 4. The third-order valence-electron chi connectivity index (χ3n) is 7.63. The number of rotatable bonds is 19. The standard InChI is InChI=1S/C24H45N5O8/c25-17(21(30)31)5-1-2-11-29-12-14(7-9-19(27)23(34)35)16(4-3-6-18(26)22(32)33)15(13-29)8-10-20(28)24(36)37/h14-20H,1-13,25-28H2,(H,30,31)(H,32,33)(H,34,35)(H,36,37)/p+1/t14?,15?,16?,17-,18-,19-,20-/m0/s1. The Balaban J connectivity index is 2.97. The lowest BCUT2D eigenvalue weighted by molar-refractivity contribution is -0.915. The molecule has 0 bridgehead atoms. The summed E-state index contributed by atoms with van der Waals surface area (Å²) in [5.74, 6) is -3.86. The number of hydrogen-bond acceptors (Lipinski definition) is 8. The van der Waals surface area contributed by atoms with Crippen molar-refractivity contribution in [1.29, 1.82) is 0 Å². The van der Waals surface area contributed by atoms with E-state index >= 15 is 0 Å². The lowest BCUT2D eigenvalue weighted by Gasteiger charge is -2.42. The molecule has 214 valence electrons. The number of hydrogen-bond donors (Lipinski definition) is 9. The van der Waals surface area contributed by atoms with E-state index in [0.29, 0.717) is 57.8 Å². The normalized spacial score (nSPS) is 25.1. The van der Waals surface area contributed by atoms with Crippen LogP contribution in [0.5, 0.6) is 0 Å². The average Bonchev–Trinajstić information content (AvgIpc) is 2.83. The van der Waals surface area contributed by atoms with Gasteiger partial charge in [-0.15, -0.1) is 0 Å². The van der Waals surface area contributed by atoms with E-state index in [-0.39, 0.29) is 17.8 Å². The molecule has 6 atom stereocenters. The second-order valence-electron chi connectivity index (χ2n) is 10.5. The Bertz CT molecular complexity index is 721. The maximum atomic E-state index is 11.3. The van der Waals surface area contributed by atoms with Gasteiger partial charge in [0.25, 0.3) is 0 Å². The van der Waals surface area contributed by atoms with Crippen LogP contribution in [-0.4, -0.2) is 88.1 Å². The molecule has 13 nitrogen and oxygen atoms in total. The second-order valence-corrected chi connectivity index (χ2v) is 10.5. The van der Waals surface area contributed by atoms with Gasteiger partial charge < -0.3 is 48.3 Å². The van der Waals surface area contributed by atoms with Gasteiger partial charge in [-0.3, -0.25) is 19.2 Å². The highest BCUT2D eigenvalue weighted by molar-refractivity contribution is 5.74. The lowest BCUT2D eigenvalue weighted by atomic mass is 9.71. The van der Waals surface area contributed by atoms with Crippen molar-refractivity contribution in [3.8, 4) is 0 Å².